The first-order valence-corrected chi connectivity index (χ1v) is 11.5. The van der Waals surface area contributed by atoms with Gasteiger partial charge in [-0.1, -0.05) is 34.1 Å². The van der Waals surface area contributed by atoms with Crippen molar-refractivity contribution in [2.24, 2.45) is 0 Å². The highest BCUT2D eigenvalue weighted by molar-refractivity contribution is 9.10. The van der Waals surface area contributed by atoms with Crippen molar-refractivity contribution in [2.45, 2.75) is 20.1 Å². The molecule has 6 nitrogen and oxygen atoms in total. The maximum absolute atomic E-state index is 12.9. The van der Waals surface area contributed by atoms with Gasteiger partial charge in [0.25, 0.3) is 0 Å². The molecule has 0 spiro atoms. The number of hydrogen-bond acceptors (Lipinski definition) is 5. The summed E-state index contributed by atoms with van der Waals surface area (Å²) in [6.45, 7) is 2.23. The minimum Gasteiger partial charge on any atom is -0.497 e. The van der Waals surface area contributed by atoms with E-state index in [0.29, 0.717) is 27.7 Å². The first kappa shape index (κ1) is 22.9. The van der Waals surface area contributed by atoms with Gasteiger partial charge in [-0.05, 0) is 79.3 Å². The van der Waals surface area contributed by atoms with Crippen molar-refractivity contribution in [3.05, 3.63) is 99.0 Å². The van der Waals surface area contributed by atoms with Crippen LogP contribution in [-0.4, -0.2) is 27.2 Å². The quantitative estimate of drug-likeness (QED) is 0.211. The monoisotopic (exact) mass is 523 g/mol. The molecule has 0 aliphatic rings. The van der Waals surface area contributed by atoms with Gasteiger partial charge >= 0.3 is 0 Å². The summed E-state index contributed by atoms with van der Waals surface area (Å²) in [5, 5.41) is 4.65. The summed E-state index contributed by atoms with van der Waals surface area (Å²) in [5.74, 6) is 1.92. The van der Waals surface area contributed by atoms with E-state index < -0.39 is 0 Å². The van der Waals surface area contributed by atoms with E-state index in [4.69, 9.17) is 21.7 Å². The van der Waals surface area contributed by atoms with Crippen LogP contribution in [0.5, 0.6) is 11.5 Å². The first-order valence-electron chi connectivity index (χ1n) is 10.3. The zero-order chi connectivity index (χ0) is 23.4. The van der Waals surface area contributed by atoms with Crippen molar-refractivity contribution >= 4 is 33.9 Å². The Morgan fingerprint density at radius 2 is 1.67 bits per heavy atom. The summed E-state index contributed by atoms with van der Waals surface area (Å²) in [6.07, 6.45) is 0. The Kier molecular flexibility index (Phi) is 7.05. The average molecular weight is 524 g/mol. The van der Waals surface area contributed by atoms with E-state index in [9.17, 15) is 4.79 Å². The van der Waals surface area contributed by atoms with Crippen molar-refractivity contribution < 1.29 is 14.3 Å². The molecular formula is C25H22BrN3O3S. The molecule has 0 bridgehead atoms. The number of hydrogen-bond donors (Lipinski definition) is 0. The fraction of sp³-hybridized carbons (Fsp3) is 0.160. The molecule has 3 aromatic carbocycles. The number of aromatic nitrogens is 3. The first-order chi connectivity index (χ1) is 16.0. The smallest absolute Gasteiger partial charge is 0.203 e. The lowest BCUT2D eigenvalue weighted by Gasteiger charge is -2.10. The van der Waals surface area contributed by atoms with Gasteiger partial charge in [-0.15, -0.1) is 0 Å². The maximum Gasteiger partial charge on any atom is 0.203 e. The van der Waals surface area contributed by atoms with Gasteiger partial charge in [-0.3, -0.25) is 9.36 Å². The number of aryl methyl sites for hydroxylation is 1. The Morgan fingerprint density at radius 3 is 2.33 bits per heavy atom. The summed E-state index contributed by atoms with van der Waals surface area (Å²) < 4.78 is 16.0. The van der Waals surface area contributed by atoms with Crippen LogP contribution in [0.1, 0.15) is 21.7 Å². The predicted molar refractivity (Wildman–Crippen MR) is 133 cm³/mol. The average Bonchev–Trinajstić information content (AvgIpc) is 3.13. The molecule has 4 aromatic rings. The SMILES string of the molecule is COc1ccc(C(=O)Cn2nc(COc3ccc(Br)cc3)n(-c3ccccc3C)c2=S)cc1. The lowest BCUT2D eigenvalue weighted by molar-refractivity contribution is 0.0966. The van der Waals surface area contributed by atoms with E-state index in [1.165, 1.54) is 0 Å². The second kappa shape index (κ2) is 10.1. The van der Waals surface area contributed by atoms with Gasteiger partial charge in [0.15, 0.2) is 11.6 Å². The van der Waals surface area contributed by atoms with Crippen molar-refractivity contribution in [3.63, 3.8) is 0 Å². The molecular weight excluding hydrogens is 502 g/mol. The number of ether oxygens (including phenoxy) is 2. The maximum atomic E-state index is 12.9. The van der Waals surface area contributed by atoms with Crippen LogP contribution in [0.25, 0.3) is 5.69 Å². The molecule has 0 fully saturated rings. The third kappa shape index (κ3) is 5.23. The standard InChI is InChI=1S/C25H22BrN3O3S/c1-17-5-3-4-6-22(17)29-24(16-32-21-13-9-19(26)10-14-21)27-28(25(29)33)15-23(30)18-7-11-20(31-2)12-8-18/h3-14H,15-16H2,1-2H3. The van der Waals surface area contributed by atoms with E-state index in [1.54, 1.807) is 36.1 Å². The summed E-state index contributed by atoms with van der Waals surface area (Å²) in [6, 6.07) is 22.5. The molecule has 1 aromatic heterocycles. The molecule has 0 radical (unpaired) electrons. The van der Waals surface area contributed by atoms with Crippen LogP contribution in [-0.2, 0) is 13.2 Å². The third-order valence-electron chi connectivity index (χ3n) is 5.15. The van der Waals surface area contributed by atoms with Gasteiger partial charge < -0.3 is 9.47 Å². The Balaban J connectivity index is 1.66. The second-order valence-corrected chi connectivity index (χ2v) is 8.65. The molecule has 1 heterocycles. The van der Waals surface area contributed by atoms with Crippen LogP contribution in [0.2, 0.25) is 0 Å². The highest BCUT2D eigenvalue weighted by Gasteiger charge is 2.17. The molecule has 33 heavy (non-hydrogen) atoms. The van der Waals surface area contributed by atoms with Crippen LogP contribution < -0.4 is 9.47 Å². The molecule has 8 heteroatoms. The molecule has 0 unspecified atom stereocenters. The van der Waals surface area contributed by atoms with Crippen LogP contribution in [0.4, 0.5) is 0 Å². The number of para-hydroxylation sites is 1. The number of carbonyl (C=O) groups excluding carboxylic acids is 1. The molecule has 0 aliphatic heterocycles. The zero-order valence-electron chi connectivity index (χ0n) is 18.2. The topological polar surface area (TPSA) is 58.3 Å². The number of rotatable bonds is 8. The second-order valence-electron chi connectivity index (χ2n) is 7.37. The van der Waals surface area contributed by atoms with Crippen LogP contribution in [0.3, 0.4) is 0 Å². The number of nitrogens with zero attached hydrogens (tertiary/aromatic N) is 3. The molecule has 168 valence electrons. The molecule has 0 saturated heterocycles. The lowest BCUT2D eigenvalue weighted by Crippen LogP contribution is -2.12. The predicted octanol–water partition coefficient (Wildman–Crippen LogP) is 5.94. The van der Waals surface area contributed by atoms with Crippen molar-refractivity contribution in [1.82, 2.24) is 14.3 Å². The Hall–Kier alpha value is -3.23. The molecule has 4 rings (SSSR count). The number of ketones is 1. The van der Waals surface area contributed by atoms with E-state index in [0.717, 1.165) is 15.7 Å². The van der Waals surface area contributed by atoms with Gasteiger partial charge in [-0.2, -0.15) is 5.10 Å². The highest BCUT2D eigenvalue weighted by atomic mass is 79.9. The Morgan fingerprint density at radius 1 is 1.00 bits per heavy atom. The number of Topliss-reactive ketones (excluding diaryl/α,β-unsaturated/α-hetero) is 1. The van der Waals surface area contributed by atoms with Gasteiger partial charge in [0.2, 0.25) is 4.77 Å². The van der Waals surface area contributed by atoms with E-state index in [-0.39, 0.29) is 18.9 Å². The van der Waals surface area contributed by atoms with Crippen LogP contribution in [0.15, 0.2) is 77.3 Å². The van der Waals surface area contributed by atoms with E-state index >= 15 is 0 Å². The summed E-state index contributed by atoms with van der Waals surface area (Å²) in [4.78, 5) is 12.9. The molecule has 0 amide bonds. The summed E-state index contributed by atoms with van der Waals surface area (Å²) in [7, 11) is 1.59. The summed E-state index contributed by atoms with van der Waals surface area (Å²) >= 11 is 9.17. The Bertz CT molecular complexity index is 1330. The molecule has 0 saturated carbocycles. The van der Waals surface area contributed by atoms with Gasteiger partial charge in [0.05, 0.1) is 12.8 Å². The van der Waals surface area contributed by atoms with Crippen molar-refractivity contribution in [2.75, 3.05) is 7.11 Å². The van der Waals surface area contributed by atoms with Crippen molar-refractivity contribution in [3.8, 4) is 17.2 Å². The Labute approximate surface area is 205 Å². The molecule has 0 N–H and O–H groups in total. The van der Waals surface area contributed by atoms with Crippen LogP contribution >= 0.6 is 28.1 Å². The van der Waals surface area contributed by atoms with Gasteiger partial charge in [0.1, 0.15) is 24.7 Å². The van der Waals surface area contributed by atoms with Gasteiger partial charge in [-0.25, -0.2) is 4.68 Å². The summed E-state index contributed by atoms with van der Waals surface area (Å²) in [5.41, 5.74) is 2.51. The highest BCUT2D eigenvalue weighted by Crippen LogP contribution is 2.21. The molecule has 0 aliphatic carbocycles. The minimum atomic E-state index is -0.0939. The van der Waals surface area contributed by atoms with Gasteiger partial charge in [0, 0.05) is 10.0 Å². The minimum absolute atomic E-state index is 0.0231. The largest absolute Gasteiger partial charge is 0.497 e. The van der Waals surface area contributed by atoms with Crippen LogP contribution in [0, 0.1) is 11.7 Å². The van der Waals surface area contributed by atoms with E-state index in [1.807, 2.05) is 60.0 Å². The third-order valence-corrected chi connectivity index (χ3v) is 6.07. The van der Waals surface area contributed by atoms with E-state index in [2.05, 4.69) is 21.0 Å². The fourth-order valence-corrected chi connectivity index (χ4v) is 3.96. The molecule has 0 atom stereocenters. The van der Waals surface area contributed by atoms with Crippen molar-refractivity contribution in [1.29, 1.82) is 0 Å². The lowest BCUT2D eigenvalue weighted by atomic mass is 10.1. The number of halogens is 1. The zero-order valence-corrected chi connectivity index (χ0v) is 20.6. The number of methoxy groups -OCH3 is 1. The number of carbonyl (C=O) groups is 1. The number of benzene rings is 3. The normalized spacial score (nSPS) is 10.8. The fourth-order valence-electron chi connectivity index (χ4n) is 3.39.